The maximum Gasteiger partial charge on any atom is 0.116 e. The molecular formula is C12H14ClN3. The lowest BCUT2D eigenvalue weighted by Gasteiger charge is -2.00. The van der Waals surface area contributed by atoms with Crippen molar-refractivity contribution >= 4 is 17.1 Å². The van der Waals surface area contributed by atoms with Crippen molar-refractivity contribution in [1.29, 1.82) is 0 Å². The second-order valence-electron chi connectivity index (χ2n) is 4.30. The molecule has 1 saturated carbocycles. The quantitative estimate of drug-likeness (QED) is 0.888. The fraction of sp³-hybridized carbons (Fsp3) is 0.417. The second-order valence-corrected chi connectivity index (χ2v) is 4.71. The first-order valence-electron chi connectivity index (χ1n) is 5.66. The number of hydrogen-bond acceptors (Lipinski definition) is 2. The lowest BCUT2D eigenvalue weighted by Crippen LogP contribution is -2.03. The highest BCUT2D eigenvalue weighted by Crippen LogP contribution is 2.40. The van der Waals surface area contributed by atoms with Crippen LogP contribution in [0.1, 0.15) is 30.3 Å². The van der Waals surface area contributed by atoms with Crippen molar-refractivity contribution in [3.63, 3.8) is 0 Å². The zero-order chi connectivity index (χ0) is 11.1. The molecule has 0 spiro atoms. The lowest BCUT2D eigenvalue weighted by molar-refractivity contribution is 0.891. The maximum absolute atomic E-state index is 6.23. The summed E-state index contributed by atoms with van der Waals surface area (Å²) in [6.45, 7) is 0.613. The molecule has 0 bridgehead atoms. The standard InChI is InChI=1S/C12H14ClN3/c13-9-2-1-7-16-11(9)10(5-6-14)15-12(16)8-3-4-8/h1-2,7-8H,3-6,14H2. The summed E-state index contributed by atoms with van der Waals surface area (Å²) in [5.74, 6) is 1.78. The van der Waals surface area contributed by atoms with Gasteiger partial charge in [-0.3, -0.25) is 0 Å². The topological polar surface area (TPSA) is 43.3 Å². The van der Waals surface area contributed by atoms with Crippen molar-refractivity contribution in [1.82, 2.24) is 9.38 Å². The Morgan fingerprint density at radius 2 is 2.31 bits per heavy atom. The summed E-state index contributed by atoms with van der Waals surface area (Å²) < 4.78 is 2.13. The van der Waals surface area contributed by atoms with Gasteiger partial charge in [-0.15, -0.1) is 0 Å². The Morgan fingerprint density at radius 3 is 3.00 bits per heavy atom. The largest absolute Gasteiger partial charge is 0.330 e. The average Bonchev–Trinajstić information content (AvgIpc) is 3.04. The van der Waals surface area contributed by atoms with Gasteiger partial charge in [0.25, 0.3) is 0 Å². The summed E-state index contributed by atoms with van der Waals surface area (Å²) in [5, 5.41) is 0.769. The van der Waals surface area contributed by atoms with Crippen molar-refractivity contribution in [2.24, 2.45) is 5.73 Å². The summed E-state index contributed by atoms with van der Waals surface area (Å²) >= 11 is 6.23. The van der Waals surface area contributed by atoms with Crippen LogP contribution >= 0.6 is 11.6 Å². The van der Waals surface area contributed by atoms with Crippen LogP contribution in [0.25, 0.3) is 5.52 Å². The number of nitrogens with zero attached hydrogens (tertiary/aromatic N) is 2. The van der Waals surface area contributed by atoms with E-state index in [2.05, 4.69) is 4.40 Å². The fourth-order valence-corrected chi connectivity index (χ4v) is 2.41. The number of fused-ring (bicyclic) bond motifs is 1. The smallest absolute Gasteiger partial charge is 0.116 e. The first kappa shape index (κ1) is 10.1. The molecule has 0 aliphatic heterocycles. The van der Waals surface area contributed by atoms with E-state index in [1.54, 1.807) is 0 Å². The van der Waals surface area contributed by atoms with Crippen LogP contribution in [-0.2, 0) is 6.42 Å². The highest BCUT2D eigenvalue weighted by Gasteiger charge is 2.29. The molecule has 2 aromatic heterocycles. The summed E-state index contributed by atoms with van der Waals surface area (Å²) in [7, 11) is 0. The van der Waals surface area contributed by atoms with Gasteiger partial charge in [0.15, 0.2) is 0 Å². The zero-order valence-corrected chi connectivity index (χ0v) is 9.74. The van der Waals surface area contributed by atoms with Crippen LogP contribution in [0, 0.1) is 0 Å². The molecule has 1 fully saturated rings. The summed E-state index contributed by atoms with van der Waals surface area (Å²) in [4.78, 5) is 4.70. The molecule has 4 heteroatoms. The number of imidazole rings is 1. The van der Waals surface area contributed by atoms with Gasteiger partial charge in [-0.1, -0.05) is 11.6 Å². The van der Waals surface area contributed by atoms with Crippen LogP contribution in [0.15, 0.2) is 18.3 Å². The van der Waals surface area contributed by atoms with Gasteiger partial charge in [0, 0.05) is 18.5 Å². The Kier molecular flexibility index (Phi) is 2.37. The van der Waals surface area contributed by atoms with Gasteiger partial charge in [0.2, 0.25) is 0 Å². The third-order valence-electron chi connectivity index (χ3n) is 3.04. The van der Waals surface area contributed by atoms with Crippen molar-refractivity contribution in [2.75, 3.05) is 6.54 Å². The summed E-state index contributed by atoms with van der Waals surface area (Å²) in [6, 6.07) is 3.88. The van der Waals surface area contributed by atoms with E-state index in [-0.39, 0.29) is 0 Å². The van der Waals surface area contributed by atoms with E-state index in [4.69, 9.17) is 22.3 Å². The molecule has 2 aromatic rings. The Bertz CT molecular complexity index is 528. The fourth-order valence-electron chi connectivity index (χ4n) is 2.14. The average molecular weight is 236 g/mol. The summed E-state index contributed by atoms with van der Waals surface area (Å²) in [6.07, 6.45) is 5.32. The molecule has 16 heavy (non-hydrogen) atoms. The molecule has 1 aliphatic rings. The molecule has 84 valence electrons. The lowest BCUT2D eigenvalue weighted by atomic mass is 10.2. The van der Waals surface area contributed by atoms with E-state index in [1.807, 2.05) is 18.3 Å². The van der Waals surface area contributed by atoms with Crippen LogP contribution in [0.4, 0.5) is 0 Å². The number of halogens is 1. The molecule has 0 atom stereocenters. The highest BCUT2D eigenvalue weighted by molar-refractivity contribution is 6.34. The Balaban J connectivity index is 2.24. The zero-order valence-electron chi connectivity index (χ0n) is 8.99. The number of pyridine rings is 1. The van der Waals surface area contributed by atoms with Gasteiger partial charge in [0.05, 0.1) is 16.2 Å². The number of nitrogens with two attached hydrogens (primary N) is 1. The van der Waals surface area contributed by atoms with Crippen LogP contribution in [0.5, 0.6) is 0 Å². The van der Waals surface area contributed by atoms with Gasteiger partial charge in [-0.25, -0.2) is 4.98 Å². The second kappa shape index (κ2) is 3.75. The first-order chi connectivity index (χ1) is 7.81. The SMILES string of the molecule is NCCc1nc(C2CC2)n2cccc(Cl)c12. The van der Waals surface area contributed by atoms with E-state index in [9.17, 15) is 0 Å². The molecular weight excluding hydrogens is 222 g/mol. The number of rotatable bonds is 3. The van der Waals surface area contributed by atoms with E-state index >= 15 is 0 Å². The molecule has 2 heterocycles. The third kappa shape index (κ3) is 1.51. The number of hydrogen-bond donors (Lipinski definition) is 1. The molecule has 0 aromatic carbocycles. The van der Waals surface area contributed by atoms with E-state index < -0.39 is 0 Å². The number of aromatic nitrogens is 2. The van der Waals surface area contributed by atoms with E-state index in [0.717, 1.165) is 28.5 Å². The minimum Gasteiger partial charge on any atom is -0.330 e. The molecule has 0 amide bonds. The summed E-state index contributed by atoms with van der Waals surface area (Å²) in [5.41, 5.74) is 7.69. The van der Waals surface area contributed by atoms with Gasteiger partial charge < -0.3 is 10.1 Å². The van der Waals surface area contributed by atoms with Crippen molar-refractivity contribution in [2.45, 2.75) is 25.2 Å². The molecule has 0 radical (unpaired) electrons. The predicted molar refractivity (Wildman–Crippen MR) is 64.9 cm³/mol. The van der Waals surface area contributed by atoms with Crippen LogP contribution in [-0.4, -0.2) is 15.9 Å². The molecule has 0 saturated heterocycles. The van der Waals surface area contributed by atoms with Crippen LogP contribution in [0.2, 0.25) is 5.02 Å². The van der Waals surface area contributed by atoms with Gasteiger partial charge >= 0.3 is 0 Å². The molecule has 2 N–H and O–H groups in total. The predicted octanol–water partition coefficient (Wildman–Crippen LogP) is 2.37. The Morgan fingerprint density at radius 1 is 1.50 bits per heavy atom. The van der Waals surface area contributed by atoms with Crippen LogP contribution in [0.3, 0.4) is 0 Å². The minimum atomic E-state index is 0.613. The Labute approximate surface area is 99.2 Å². The Hall–Kier alpha value is -1.06. The normalized spacial score (nSPS) is 15.9. The molecule has 3 rings (SSSR count). The minimum absolute atomic E-state index is 0.613. The van der Waals surface area contributed by atoms with E-state index in [0.29, 0.717) is 12.5 Å². The van der Waals surface area contributed by atoms with Gasteiger partial charge in [-0.2, -0.15) is 0 Å². The third-order valence-corrected chi connectivity index (χ3v) is 3.34. The molecule has 1 aliphatic carbocycles. The van der Waals surface area contributed by atoms with Crippen molar-refractivity contribution < 1.29 is 0 Å². The monoisotopic (exact) mass is 235 g/mol. The first-order valence-corrected chi connectivity index (χ1v) is 6.04. The van der Waals surface area contributed by atoms with Crippen molar-refractivity contribution in [3.05, 3.63) is 34.9 Å². The van der Waals surface area contributed by atoms with Crippen molar-refractivity contribution in [3.8, 4) is 0 Å². The molecule has 0 unspecified atom stereocenters. The van der Waals surface area contributed by atoms with Crippen LogP contribution < -0.4 is 5.73 Å². The van der Waals surface area contributed by atoms with Gasteiger partial charge in [-0.05, 0) is 31.5 Å². The van der Waals surface area contributed by atoms with E-state index in [1.165, 1.54) is 12.8 Å². The highest BCUT2D eigenvalue weighted by atomic mass is 35.5. The maximum atomic E-state index is 6.23. The van der Waals surface area contributed by atoms with Gasteiger partial charge in [0.1, 0.15) is 5.82 Å². The molecule has 3 nitrogen and oxygen atoms in total.